The summed E-state index contributed by atoms with van der Waals surface area (Å²) in [5.41, 5.74) is 4.04. The van der Waals surface area contributed by atoms with Gasteiger partial charge in [-0.05, 0) is 42.3 Å². The van der Waals surface area contributed by atoms with Crippen LogP contribution in [0.25, 0.3) is 16.8 Å². The van der Waals surface area contributed by atoms with E-state index in [-0.39, 0.29) is 18.0 Å². The van der Waals surface area contributed by atoms with Crippen molar-refractivity contribution < 1.29 is 9.53 Å². The molecule has 9 heteroatoms. The summed E-state index contributed by atoms with van der Waals surface area (Å²) >= 11 is 0. The Labute approximate surface area is 203 Å². The van der Waals surface area contributed by atoms with E-state index in [1.807, 2.05) is 36.4 Å². The van der Waals surface area contributed by atoms with Gasteiger partial charge in [0.2, 0.25) is 5.91 Å². The van der Waals surface area contributed by atoms with Gasteiger partial charge in [-0.25, -0.2) is 9.20 Å². The maximum absolute atomic E-state index is 13.0. The summed E-state index contributed by atoms with van der Waals surface area (Å²) in [7, 11) is 1.65. The number of hydrogen-bond donors (Lipinski definition) is 0. The monoisotopic (exact) mass is 472 g/mol. The van der Waals surface area contributed by atoms with Gasteiger partial charge in [0.1, 0.15) is 24.1 Å². The fourth-order valence-electron chi connectivity index (χ4n) is 4.34. The molecule has 0 unspecified atom stereocenters. The number of anilines is 1. The van der Waals surface area contributed by atoms with Gasteiger partial charge < -0.3 is 14.5 Å². The van der Waals surface area contributed by atoms with E-state index in [0.717, 1.165) is 36.5 Å². The molecule has 0 saturated carbocycles. The second-order valence-corrected chi connectivity index (χ2v) is 8.57. The summed E-state index contributed by atoms with van der Waals surface area (Å²) in [6.07, 6.45) is 2.44. The molecule has 0 bridgehead atoms. The number of piperazine rings is 1. The highest BCUT2D eigenvalue weighted by molar-refractivity contribution is 5.76. The topological polar surface area (TPSA) is 85.0 Å². The highest BCUT2D eigenvalue weighted by atomic mass is 16.5. The number of ether oxygens (including phenoxy) is 1. The molecule has 180 valence electrons. The smallest absolute Gasteiger partial charge is 0.293 e. The Morgan fingerprint density at radius 1 is 1.00 bits per heavy atom. The molecular formula is C26H28N6O3. The third kappa shape index (κ3) is 4.62. The van der Waals surface area contributed by atoms with Crippen LogP contribution in [0, 0.1) is 0 Å². The van der Waals surface area contributed by atoms with E-state index in [4.69, 9.17) is 4.74 Å². The van der Waals surface area contributed by atoms with E-state index in [2.05, 4.69) is 34.2 Å². The van der Waals surface area contributed by atoms with E-state index in [0.29, 0.717) is 24.3 Å². The predicted molar refractivity (Wildman–Crippen MR) is 134 cm³/mol. The van der Waals surface area contributed by atoms with Crippen LogP contribution in [0.2, 0.25) is 0 Å². The summed E-state index contributed by atoms with van der Waals surface area (Å²) in [4.78, 5) is 30.0. The number of fused-ring (bicyclic) bond motifs is 1. The van der Waals surface area contributed by atoms with Crippen LogP contribution in [-0.4, -0.2) is 63.5 Å². The summed E-state index contributed by atoms with van der Waals surface area (Å²) in [5, 5.41) is 8.68. The molecule has 5 rings (SSSR count). The van der Waals surface area contributed by atoms with Crippen LogP contribution in [0.1, 0.15) is 12.5 Å². The van der Waals surface area contributed by atoms with E-state index in [1.54, 1.807) is 18.1 Å². The molecule has 0 atom stereocenters. The van der Waals surface area contributed by atoms with E-state index in [9.17, 15) is 9.59 Å². The third-order valence-corrected chi connectivity index (χ3v) is 6.50. The zero-order valence-corrected chi connectivity index (χ0v) is 19.9. The molecule has 9 nitrogen and oxygen atoms in total. The second-order valence-electron chi connectivity index (χ2n) is 8.57. The van der Waals surface area contributed by atoms with Crippen molar-refractivity contribution in [3.05, 3.63) is 76.8 Å². The Balaban J connectivity index is 1.26. The minimum Gasteiger partial charge on any atom is -0.497 e. The number of aromatic nitrogens is 4. The van der Waals surface area contributed by atoms with Crippen molar-refractivity contribution >= 4 is 17.1 Å². The second kappa shape index (κ2) is 9.61. The Morgan fingerprint density at radius 3 is 2.37 bits per heavy atom. The number of nitrogens with zero attached hydrogens (tertiary/aromatic N) is 6. The molecule has 1 fully saturated rings. The minimum atomic E-state index is -0.332. The van der Waals surface area contributed by atoms with Crippen molar-refractivity contribution in [2.24, 2.45) is 0 Å². The van der Waals surface area contributed by atoms with Gasteiger partial charge in [0.15, 0.2) is 0 Å². The normalized spacial score (nSPS) is 13.9. The molecule has 0 spiro atoms. The molecule has 1 aliphatic rings. The highest BCUT2D eigenvalue weighted by Gasteiger charge is 2.22. The zero-order chi connectivity index (χ0) is 24.4. The van der Waals surface area contributed by atoms with Gasteiger partial charge in [-0.2, -0.15) is 10.2 Å². The first-order valence-electron chi connectivity index (χ1n) is 11.8. The van der Waals surface area contributed by atoms with Crippen LogP contribution in [0.4, 0.5) is 5.69 Å². The lowest BCUT2D eigenvalue weighted by atomic mass is 10.1. The van der Waals surface area contributed by atoms with Crippen molar-refractivity contribution in [1.29, 1.82) is 0 Å². The maximum atomic E-state index is 13.0. The lowest BCUT2D eigenvalue weighted by Gasteiger charge is -2.36. The maximum Gasteiger partial charge on any atom is 0.293 e. The summed E-state index contributed by atoms with van der Waals surface area (Å²) in [6, 6.07) is 17.8. The standard InChI is InChI=1S/C26H28N6O3/c1-3-19-4-6-20(7-5-19)23-16-24-26(34)31(27-18-32(24)28-23)17-25(33)30-14-12-29(13-15-30)21-8-10-22(35-2)11-9-21/h4-11,16,18H,3,12-15,17H2,1-2H3. The van der Waals surface area contributed by atoms with Crippen molar-refractivity contribution in [1.82, 2.24) is 24.3 Å². The van der Waals surface area contributed by atoms with Gasteiger partial charge in [0.25, 0.3) is 5.56 Å². The largest absolute Gasteiger partial charge is 0.497 e. The average molecular weight is 473 g/mol. The van der Waals surface area contributed by atoms with Crippen molar-refractivity contribution in [3.63, 3.8) is 0 Å². The predicted octanol–water partition coefficient (Wildman–Crippen LogP) is 2.48. The number of rotatable bonds is 6. The molecule has 2 aromatic heterocycles. The molecule has 3 heterocycles. The number of hydrogen-bond acceptors (Lipinski definition) is 6. The highest BCUT2D eigenvalue weighted by Crippen LogP contribution is 2.21. The van der Waals surface area contributed by atoms with Crippen molar-refractivity contribution in [2.45, 2.75) is 19.9 Å². The quantitative estimate of drug-likeness (QED) is 0.429. The van der Waals surface area contributed by atoms with Crippen LogP contribution in [-0.2, 0) is 17.8 Å². The van der Waals surface area contributed by atoms with Gasteiger partial charge in [-0.3, -0.25) is 9.59 Å². The fourth-order valence-corrected chi connectivity index (χ4v) is 4.34. The first-order chi connectivity index (χ1) is 17.1. The molecule has 1 amide bonds. The minimum absolute atomic E-state index is 0.0937. The number of amides is 1. The Bertz CT molecular complexity index is 1380. The van der Waals surface area contributed by atoms with E-state index in [1.165, 1.54) is 21.1 Å². The van der Waals surface area contributed by atoms with Gasteiger partial charge in [0, 0.05) is 37.4 Å². The average Bonchev–Trinajstić information content (AvgIpc) is 3.36. The number of carbonyl (C=O) groups excluding carboxylic acids is 1. The van der Waals surface area contributed by atoms with Crippen molar-refractivity contribution in [3.8, 4) is 17.0 Å². The first kappa shape index (κ1) is 22.6. The zero-order valence-electron chi connectivity index (χ0n) is 19.9. The summed E-state index contributed by atoms with van der Waals surface area (Å²) in [6.45, 7) is 4.64. The van der Waals surface area contributed by atoms with E-state index >= 15 is 0 Å². The van der Waals surface area contributed by atoms with Crippen LogP contribution < -0.4 is 15.2 Å². The Hall–Kier alpha value is -4.14. The van der Waals surface area contributed by atoms with Gasteiger partial charge in [0.05, 0.1) is 12.8 Å². The lowest BCUT2D eigenvalue weighted by molar-refractivity contribution is -0.132. The van der Waals surface area contributed by atoms with Crippen LogP contribution in [0.15, 0.2) is 65.7 Å². The lowest BCUT2D eigenvalue weighted by Crippen LogP contribution is -2.50. The SMILES string of the molecule is CCc1ccc(-c2cc3c(=O)n(CC(=O)N4CCN(c5ccc(OC)cc5)CC4)ncn3n2)cc1. The summed E-state index contributed by atoms with van der Waals surface area (Å²) in [5.74, 6) is 0.699. The van der Waals surface area contributed by atoms with Gasteiger partial charge >= 0.3 is 0 Å². The first-order valence-corrected chi connectivity index (χ1v) is 11.8. The number of methoxy groups -OCH3 is 1. The molecule has 1 aliphatic heterocycles. The molecule has 2 aromatic carbocycles. The summed E-state index contributed by atoms with van der Waals surface area (Å²) < 4.78 is 7.91. The van der Waals surface area contributed by atoms with E-state index < -0.39 is 0 Å². The van der Waals surface area contributed by atoms with Crippen LogP contribution in [0.3, 0.4) is 0 Å². The molecular weight excluding hydrogens is 444 g/mol. The molecule has 0 radical (unpaired) electrons. The van der Waals surface area contributed by atoms with Crippen LogP contribution >= 0.6 is 0 Å². The van der Waals surface area contributed by atoms with Gasteiger partial charge in [-0.15, -0.1) is 0 Å². The van der Waals surface area contributed by atoms with Gasteiger partial charge in [-0.1, -0.05) is 31.2 Å². The number of carbonyl (C=O) groups is 1. The molecule has 4 aromatic rings. The number of aryl methyl sites for hydroxylation is 1. The molecule has 0 N–H and O–H groups in total. The molecule has 1 saturated heterocycles. The fraction of sp³-hybridized carbons (Fsp3) is 0.308. The third-order valence-electron chi connectivity index (χ3n) is 6.50. The number of benzene rings is 2. The van der Waals surface area contributed by atoms with Crippen molar-refractivity contribution in [2.75, 3.05) is 38.2 Å². The Morgan fingerprint density at radius 2 is 1.71 bits per heavy atom. The Kier molecular flexibility index (Phi) is 6.22. The molecule has 0 aliphatic carbocycles. The molecule has 35 heavy (non-hydrogen) atoms. The van der Waals surface area contributed by atoms with Crippen LogP contribution in [0.5, 0.6) is 5.75 Å².